The first-order chi connectivity index (χ1) is 12.6. The van der Waals surface area contributed by atoms with E-state index in [0.717, 1.165) is 26.9 Å². The number of nitrogens with one attached hydrogen (secondary N) is 2. The van der Waals surface area contributed by atoms with Crippen molar-refractivity contribution in [2.45, 2.75) is 0 Å². The van der Waals surface area contributed by atoms with Crippen molar-refractivity contribution in [1.29, 1.82) is 0 Å². The van der Waals surface area contributed by atoms with Gasteiger partial charge in [-0.3, -0.25) is 4.79 Å². The monoisotopic (exact) mass is 425 g/mol. The van der Waals surface area contributed by atoms with E-state index in [1.165, 1.54) is 0 Å². The van der Waals surface area contributed by atoms with Gasteiger partial charge in [-0.15, -0.1) is 0 Å². The maximum absolute atomic E-state index is 12.5. The van der Waals surface area contributed by atoms with Gasteiger partial charge >= 0.3 is 0 Å². The van der Waals surface area contributed by atoms with E-state index in [0.29, 0.717) is 16.3 Å². The van der Waals surface area contributed by atoms with Gasteiger partial charge in [-0.1, -0.05) is 51.8 Å². The van der Waals surface area contributed by atoms with Crippen LogP contribution in [-0.4, -0.2) is 15.9 Å². The lowest BCUT2D eigenvalue weighted by atomic mass is 10.1. The average Bonchev–Trinajstić information content (AvgIpc) is 3.08. The van der Waals surface area contributed by atoms with Crippen LogP contribution in [0.3, 0.4) is 0 Å². The summed E-state index contributed by atoms with van der Waals surface area (Å²) in [5, 5.41) is 3.29. The molecule has 4 nitrogen and oxygen atoms in total. The number of carbonyl (C=O) groups excluding carboxylic acids is 1. The summed E-state index contributed by atoms with van der Waals surface area (Å²) in [6, 6.07) is 20.5. The third kappa shape index (κ3) is 3.36. The number of hydrogen-bond acceptors (Lipinski definition) is 2. The second-order valence-electron chi connectivity index (χ2n) is 5.76. The number of nitrogens with zero attached hydrogens (tertiary/aromatic N) is 1. The first kappa shape index (κ1) is 16.8. The smallest absolute Gasteiger partial charge is 0.257 e. The second-order valence-corrected chi connectivity index (χ2v) is 7.08. The van der Waals surface area contributed by atoms with Crippen LogP contribution in [0.25, 0.3) is 22.4 Å². The summed E-state index contributed by atoms with van der Waals surface area (Å²) in [4.78, 5) is 20.4. The number of aromatic nitrogens is 2. The van der Waals surface area contributed by atoms with E-state index >= 15 is 0 Å². The molecular weight excluding hydrogens is 414 g/mol. The SMILES string of the molecule is O=C(Nc1cccc(-c2nc3ccccc3[nH]2)c1)c1cc(Br)ccc1Cl. The van der Waals surface area contributed by atoms with Crippen LogP contribution in [0, 0.1) is 0 Å². The molecule has 0 atom stereocenters. The Balaban J connectivity index is 1.63. The van der Waals surface area contributed by atoms with Crippen molar-refractivity contribution in [3.05, 3.63) is 81.8 Å². The fourth-order valence-corrected chi connectivity index (χ4v) is 3.27. The summed E-state index contributed by atoms with van der Waals surface area (Å²) in [6.07, 6.45) is 0. The third-order valence-corrected chi connectivity index (χ3v) is 4.78. The van der Waals surface area contributed by atoms with Gasteiger partial charge < -0.3 is 10.3 Å². The van der Waals surface area contributed by atoms with Crippen LogP contribution in [0.1, 0.15) is 10.4 Å². The number of amides is 1. The first-order valence-electron chi connectivity index (χ1n) is 7.92. The maximum atomic E-state index is 12.5. The van der Waals surface area contributed by atoms with Crippen LogP contribution in [-0.2, 0) is 0 Å². The Hall–Kier alpha value is -2.63. The molecule has 0 spiro atoms. The molecule has 0 saturated carbocycles. The van der Waals surface area contributed by atoms with Gasteiger partial charge in [0.2, 0.25) is 0 Å². The van der Waals surface area contributed by atoms with Crippen LogP contribution in [0.15, 0.2) is 71.2 Å². The first-order valence-corrected chi connectivity index (χ1v) is 9.09. The maximum Gasteiger partial charge on any atom is 0.257 e. The van der Waals surface area contributed by atoms with Crippen molar-refractivity contribution in [3.63, 3.8) is 0 Å². The van der Waals surface area contributed by atoms with E-state index in [9.17, 15) is 4.79 Å². The number of para-hydroxylation sites is 2. The Morgan fingerprint density at radius 3 is 2.73 bits per heavy atom. The normalized spacial score (nSPS) is 10.8. The van der Waals surface area contributed by atoms with Crippen molar-refractivity contribution in [1.82, 2.24) is 9.97 Å². The van der Waals surface area contributed by atoms with Crippen molar-refractivity contribution in [3.8, 4) is 11.4 Å². The lowest BCUT2D eigenvalue weighted by molar-refractivity contribution is 0.102. The minimum atomic E-state index is -0.266. The van der Waals surface area contributed by atoms with Gasteiger partial charge in [0.15, 0.2) is 0 Å². The molecule has 1 aromatic heterocycles. The molecule has 3 aromatic carbocycles. The largest absolute Gasteiger partial charge is 0.338 e. The van der Waals surface area contributed by atoms with Gasteiger partial charge in [-0.05, 0) is 42.5 Å². The van der Waals surface area contributed by atoms with E-state index in [-0.39, 0.29) is 5.91 Å². The number of anilines is 1. The molecule has 0 unspecified atom stereocenters. The highest BCUT2D eigenvalue weighted by Gasteiger charge is 2.12. The molecule has 4 aromatic rings. The number of carbonyl (C=O) groups is 1. The Morgan fingerprint density at radius 2 is 1.88 bits per heavy atom. The Labute approximate surface area is 163 Å². The molecule has 0 bridgehead atoms. The van der Waals surface area contributed by atoms with E-state index in [4.69, 9.17) is 11.6 Å². The number of benzene rings is 3. The van der Waals surface area contributed by atoms with Gasteiger partial charge in [-0.2, -0.15) is 0 Å². The van der Waals surface area contributed by atoms with Crippen molar-refractivity contribution < 1.29 is 4.79 Å². The fourth-order valence-electron chi connectivity index (χ4n) is 2.70. The summed E-state index contributed by atoms with van der Waals surface area (Å²) in [7, 11) is 0. The molecule has 6 heteroatoms. The summed E-state index contributed by atoms with van der Waals surface area (Å²) >= 11 is 9.49. The van der Waals surface area contributed by atoms with Gasteiger partial charge in [0.05, 0.1) is 21.6 Å². The Kier molecular flexibility index (Phi) is 4.49. The third-order valence-electron chi connectivity index (χ3n) is 3.96. The lowest BCUT2D eigenvalue weighted by Crippen LogP contribution is -2.12. The summed E-state index contributed by atoms with van der Waals surface area (Å²) in [5.41, 5.74) is 3.84. The molecule has 0 aliphatic heterocycles. The summed E-state index contributed by atoms with van der Waals surface area (Å²) in [5.74, 6) is 0.487. The van der Waals surface area contributed by atoms with Crippen molar-refractivity contribution >= 4 is 50.2 Å². The van der Waals surface area contributed by atoms with Gasteiger partial charge in [0.25, 0.3) is 5.91 Å². The zero-order valence-corrected chi connectivity index (χ0v) is 15.8. The van der Waals surface area contributed by atoms with Crippen LogP contribution in [0.4, 0.5) is 5.69 Å². The van der Waals surface area contributed by atoms with Crippen LogP contribution in [0.2, 0.25) is 5.02 Å². The number of H-pyrrole nitrogens is 1. The lowest BCUT2D eigenvalue weighted by Gasteiger charge is -2.08. The topological polar surface area (TPSA) is 57.8 Å². The summed E-state index contributed by atoms with van der Waals surface area (Å²) in [6.45, 7) is 0. The Bertz CT molecular complexity index is 1090. The quantitative estimate of drug-likeness (QED) is 0.428. The molecule has 26 heavy (non-hydrogen) atoms. The molecule has 1 amide bonds. The highest BCUT2D eigenvalue weighted by molar-refractivity contribution is 9.10. The second kappa shape index (κ2) is 6.94. The van der Waals surface area contributed by atoms with Crippen LogP contribution in [0.5, 0.6) is 0 Å². The van der Waals surface area contributed by atoms with Gasteiger partial charge in [0, 0.05) is 15.7 Å². The molecule has 0 radical (unpaired) electrons. The zero-order chi connectivity index (χ0) is 18.1. The number of aromatic amines is 1. The highest BCUT2D eigenvalue weighted by atomic mass is 79.9. The van der Waals surface area contributed by atoms with Crippen LogP contribution < -0.4 is 5.32 Å². The number of fused-ring (bicyclic) bond motifs is 1. The van der Waals surface area contributed by atoms with Crippen molar-refractivity contribution in [2.75, 3.05) is 5.32 Å². The Morgan fingerprint density at radius 1 is 1.04 bits per heavy atom. The zero-order valence-electron chi connectivity index (χ0n) is 13.5. The molecule has 0 saturated heterocycles. The van der Waals surface area contributed by atoms with E-state index in [1.807, 2.05) is 48.5 Å². The van der Waals surface area contributed by atoms with Gasteiger partial charge in [0.1, 0.15) is 5.82 Å². The fraction of sp³-hybridized carbons (Fsp3) is 0. The van der Waals surface area contributed by atoms with E-state index in [1.54, 1.807) is 18.2 Å². The molecule has 0 aliphatic rings. The summed E-state index contributed by atoms with van der Waals surface area (Å²) < 4.78 is 0.795. The predicted octanol–water partition coefficient (Wildman–Crippen LogP) is 5.90. The van der Waals surface area contributed by atoms with E-state index in [2.05, 4.69) is 31.2 Å². The number of halogens is 2. The highest BCUT2D eigenvalue weighted by Crippen LogP contribution is 2.25. The molecule has 0 fully saturated rings. The van der Waals surface area contributed by atoms with E-state index < -0.39 is 0 Å². The van der Waals surface area contributed by atoms with Crippen molar-refractivity contribution in [2.24, 2.45) is 0 Å². The molecule has 4 rings (SSSR count). The van der Waals surface area contributed by atoms with Crippen LogP contribution >= 0.6 is 27.5 Å². The predicted molar refractivity (Wildman–Crippen MR) is 109 cm³/mol. The standard InChI is InChI=1S/C20H13BrClN3O/c21-13-8-9-16(22)15(11-13)20(26)23-14-5-3-4-12(10-14)19-24-17-6-1-2-7-18(17)25-19/h1-11H,(H,23,26)(H,24,25). The molecule has 128 valence electrons. The average molecular weight is 427 g/mol. The minimum Gasteiger partial charge on any atom is -0.338 e. The molecule has 2 N–H and O–H groups in total. The molecular formula is C20H13BrClN3O. The molecule has 0 aliphatic carbocycles. The number of imidazole rings is 1. The minimum absolute atomic E-state index is 0.266. The molecule has 1 heterocycles. The number of rotatable bonds is 3. The van der Waals surface area contributed by atoms with Gasteiger partial charge in [-0.25, -0.2) is 4.98 Å². The number of hydrogen-bond donors (Lipinski definition) is 2.